The maximum Gasteiger partial charge on any atom is 0.167 e. The highest BCUT2D eigenvalue weighted by Crippen LogP contribution is 2.32. The zero-order valence-electron chi connectivity index (χ0n) is 14.6. The van der Waals surface area contributed by atoms with Gasteiger partial charge in [0, 0.05) is 18.5 Å². The van der Waals surface area contributed by atoms with Gasteiger partial charge in [-0.25, -0.2) is 0 Å². The van der Waals surface area contributed by atoms with E-state index >= 15 is 0 Å². The molecular weight excluding hydrogens is 318 g/mol. The molecule has 0 fully saturated rings. The van der Waals surface area contributed by atoms with Crippen LogP contribution in [0, 0.1) is 0 Å². The van der Waals surface area contributed by atoms with Crippen LogP contribution in [-0.2, 0) is 19.4 Å². The molecule has 2 heteroatoms. The molecule has 0 radical (unpaired) electrons. The molecule has 0 unspecified atom stereocenters. The first-order valence-corrected chi connectivity index (χ1v) is 8.93. The molecule has 0 amide bonds. The van der Waals surface area contributed by atoms with E-state index in [1.54, 1.807) is 0 Å². The van der Waals surface area contributed by atoms with Crippen molar-refractivity contribution in [1.29, 1.82) is 0 Å². The number of ketones is 1. The summed E-state index contributed by atoms with van der Waals surface area (Å²) in [4.78, 5) is 12.6. The fraction of sp³-hybridized carbons (Fsp3) is 0.125. The van der Waals surface area contributed by atoms with Crippen molar-refractivity contribution >= 4 is 17.4 Å². The summed E-state index contributed by atoms with van der Waals surface area (Å²) in [7, 11) is 0. The lowest BCUT2D eigenvalue weighted by Gasteiger charge is -2.05. The summed E-state index contributed by atoms with van der Waals surface area (Å²) < 4.78 is 0. The van der Waals surface area contributed by atoms with Gasteiger partial charge in [-0.15, -0.1) is 0 Å². The maximum atomic E-state index is 12.6. The van der Waals surface area contributed by atoms with E-state index in [2.05, 4.69) is 48.5 Å². The number of hydrogen-bond donors (Lipinski definition) is 1. The largest absolute Gasteiger partial charge is 0.326 e. The fourth-order valence-corrected chi connectivity index (χ4v) is 3.45. The minimum Gasteiger partial charge on any atom is -0.326 e. The van der Waals surface area contributed by atoms with Crippen molar-refractivity contribution in [3.63, 3.8) is 0 Å². The number of fused-ring (bicyclic) bond motifs is 1. The molecule has 1 aliphatic carbocycles. The average Bonchev–Trinajstić information content (AvgIpc) is 3.12. The zero-order valence-corrected chi connectivity index (χ0v) is 14.6. The minimum absolute atomic E-state index is 0.138. The zero-order chi connectivity index (χ0) is 17.9. The average molecular weight is 339 g/mol. The number of hydrogen-bond acceptors (Lipinski definition) is 2. The molecule has 3 aromatic rings. The van der Waals surface area contributed by atoms with Crippen LogP contribution in [0.4, 0.5) is 0 Å². The van der Waals surface area contributed by atoms with E-state index in [1.165, 1.54) is 22.3 Å². The van der Waals surface area contributed by atoms with Crippen LogP contribution in [0.2, 0.25) is 0 Å². The van der Waals surface area contributed by atoms with Crippen LogP contribution in [0.25, 0.3) is 11.6 Å². The molecule has 0 aromatic heterocycles. The van der Waals surface area contributed by atoms with Crippen molar-refractivity contribution in [2.75, 3.05) is 0 Å². The Bertz CT molecular complexity index is 969. The van der Waals surface area contributed by atoms with E-state index in [0.29, 0.717) is 13.0 Å². The summed E-state index contributed by atoms with van der Waals surface area (Å²) in [6.07, 6.45) is 3.62. The fourth-order valence-electron chi connectivity index (χ4n) is 3.45. The lowest BCUT2D eigenvalue weighted by molar-refractivity contribution is 0.0993. The van der Waals surface area contributed by atoms with E-state index in [-0.39, 0.29) is 5.78 Å². The number of rotatable bonds is 5. The second kappa shape index (κ2) is 7.11. The van der Waals surface area contributed by atoms with Gasteiger partial charge in [-0.3, -0.25) is 4.79 Å². The molecular formula is C24H21NO. The molecule has 128 valence electrons. The van der Waals surface area contributed by atoms with Gasteiger partial charge >= 0.3 is 0 Å². The minimum atomic E-state index is 0.138. The molecule has 2 N–H and O–H groups in total. The molecule has 0 saturated carbocycles. The monoisotopic (exact) mass is 339 g/mol. The molecule has 0 heterocycles. The number of allylic oxidation sites excluding steroid dienone is 1. The van der Waals surface area contributed by atoms with E-state index < -0.39 is 0 Å². The van der Waals surface area contributed by atoms with E-state index in [0.717, 1.165) is 23.1 Å². The molecule has 0 saturated heterocycles. The molecule has 0 bridgehead atoms. The Balaban J connectivity index is 1.53. The molecule has 0 aliphatic heterocycles. The highest BCUT2D eigenvalue weighted by Gasteiger charge is 2.15. The first-order valence-electron chi connectivity index (χ1n) is 8.93. The highest BCUT2D eigenvalue weighted by atomic mass is 16.1. The summed E-state index contributed by atoms with van der Waals surface area (Å²) in [6, 6.07) is 24.4. The Morgan fingerprint density at radius 3 is 2.35 bits per heavy atom. The SMILES string of the molecule is NCc1ccc(C(=O)Cc2ccc3c(c2)C=C(c2ccccc2)C3)cc1. The molecule has 26 heavy (non-hydrogen) atoms. The summed E-state index contributed by atoms with van der Waals surface area (Å²) in [5.41, 5.74) is 13.6. The standard InChI is InChI=1S/C24H21NO/c25-16-17-6-9-20(10-7-17)24(26)13-18-8-11-21-14-23(15-22(21)12-18)19-4-2-1-3-5-19/h1-12,15H,13-14,16,25H2. The van der Waals surface area contributed by atoms with Gasteiger partial charge in [-0.1, -0.05) is 78.9 Å². The van der Waals surface area contributed by atoms with Gasteiger partial charge in [0.15, 0.2) is 5.78 Å². The van der Waals surface area contributed by atoms with Gasteiger partial charge in [0.25, 0.3) is 0 Å². The van der Waals surface area contributed by atoms with Crippen molar-refractivity contribution in [2.24, 2.45) is 5.73 Å². The Morgan fingerprint density at radius 1 is 0.885 bits per heavy atom. The normalized spacial score (nSPS) is 12.6. The third kappa shape index (κ3) is 3.37. The predicted molar refractivity (Wildman–Crippen MR) is 107 cm³/mol. The van der Waals surface area contributed by atoms with Crippen LogP contribution >= 0.6 is 0 Å². The van der Waals surface area contributed by atoms with Gasteiger partial charge in [0.1, 0.15) is 0 Å². The Morgan fingerprint density at radius 2 is 1.62 bits per heavy atom. The number of nitrogens with two attached hydrogens (primary N) is 1. The van der Waals surface area contributed by atoms with Crippen LogP contribution in [0.1, 0.15) is 38.2 Å². The summed E-state index contributed by atoms with van der Waals surface area (Å²) in [5, 5.41) is 0. The molecule has 1 aliphatic rings. The van der Waals surface area contributed by atoms with Crippen molar-refractivity contribution < 1.29 is 4.79 Å². The topological polar surface area (TPSA) is 43.1 Å². The Hall–Kier alpha value is -2.97. The molecule has 2 nitrogen and oxygen atoms in total. The van der Waals surface area contributed by atoms with Crippen molar-refractivity contribution in [1.82, 2.24) is 0 Å². The number of benzene rings is 3. The van der Waals surface area contributed by atoms with Crippen LogP contribution in [0.3, 0.4) is 0 Å². The Labute approximate surface area is 154 Å². The molecule has 0 spiro atoms. The van der Waals surface area contributed by atoms with Crippen molar-refractivity contribution in [3.8, 4) is 0 Å². The van der Waals surface area contributed by atoms with Gasteiger partial charge < -0.3 is 5.73 Å². The number of carbonyl (C=O) groups excluding carboxylic acids is 1. The first-order chi connectivity index (χ1) is 12.7. The lowest BCUT2D eigenvalue weighted by atomic mass is 9.99. The van der Waals surface area contributed by atoms with Crippen molar-refractivity contribution in [2.45, 2.75) is 19.4 Å². The van der Waals surface area contributed by atoms with Gasteiger partial charge in [-0.05, 0) is 39.8 Å². The quantitative estimate of drug-likeness (QED) is 0.687. The Kier molecular flexibility index (Phi) is 4.51. The third-order valence-corrected chi connectivity index (χ3v) is 4.94. The van der Waals surface area contributed by atoms with Gasteiger partial charge in [-0.2, -0.15) is 0 Å². The molecule has 0 atom stereocenters. The molecule has 3 aromatic carbocycles. The van der Waals surface area contributed by atoms with Crippen LogP contribution < -0.4 is 5.73 Å². The van der Waals surface area contributed by atoms with Crippen LogP contribution in [0.5, 0.6) is 0 Å². The van der Waals surface area contributed by atoms with E-state index in [4.69, 9.17) is 5.73 Å². The number of carbonyl (C=O) groups is 1. The van der Waals surface area contributed by atoms with E-state index in [9.17, 15) is 4.79 Å². The van der Waals surface area contributed by atoms with Crippen LogP contribution in [0.15, 0.2) is 72.8 Å². The van der Waals surface area contributed by atoms with Crippen molar-refractivity contribution in [3.05, 3.63) is 106 Å². The number of Topliss-reactive ketones (excluding diaryl/α,β-unsaturated/α-hetero) is 1. The highest BCUT2D eigenvalue weighted by molar-refractivity contribution is 5.98. The third-order valence-electron chi connectivity index (χ3n) is 4.94. The van der Waals surface area contributed by atoms with E-state index in [1.807, 2.05) is 30.3 Å². The van der Waals surface area contributed by atoms with Gasteiger partial charge in [0.2, 0.25) is 0 Å². The second-order valence-electron chi connectivity index (χ2n) is 6.75. The summed E-state index contributed by atoms with van der Waals surface area (Å²) in [6.45, 7) is 0.495. The summed E-state index contributed by atoms with van der Waals surface area (Å²) >= 11 is 0. The predicted octanol–water partition coefficient (Wildman–Crippen LogP) is 4.67. The first kappa shape index (κ1) is 16.5. The lowest BCUT2D eigenvalue weighted by Crippen LogP contribution is -2.05. The maximum absolute atomic E-state index is 12.6. The van der Waals surface area contributed by atoms with Gasteiger partial charge in [0.05, 0.1) is 0 Å². The summed E-state index contributed by atoms with van der Waals surface area (Å²) in [5.74, 6) is 0.138. The molecule has 4 rings (SSSR count). The smallest absolute Gasteiger partial charge is 0.167 e. The van der Waals surface area contributed by atoms with Crippen LogP contribution in [-0.4, -0.2) is 5.78 Å². The second-order valence-corrected chi connectivity index (χ2v) is 6.75.